The molecule has 0 saturated heterocycles. The minimum atomic E-state index is -4.01. The third-order valence-corrected chi connectivity index (χ3v) is 6.46. The maximum absolute atomic E-state index is 12.1. The van der Waals surface area contributed by atoms with Crippen LogP contribution in [0.25, 0.3) is 0 Å². The van der Waals surface area contributed by atoms with Crippen molar-refractivity contribution in [3.05, 3.63) is 42.0 Å². The van der Waals surface area contributed by atoms with Gasteiger partial charge in [0, 0.05) is 24.8 Å². The van der Waals surface area contributed by atoms with Gasteiger partial charge in [-0.15, -0.1) is 0 Å². The lowest BCUT2D eigenvalue weighted by Crippen LogP contribution is -2.24. The van der Waals surface area contributed by atoms with Gasteiger partial charge in [-0.05, 0) is 38.1 Å². The topological polar surface area (TPSA) is 125 Å². The Morgan fingerprint density at radius 1 is 1.17 bits per heavy atom. The van der Waals surface area contributed by atoms with E-state index in [2.05, 4.69) is 5.32 Å². The molecular weight excluding hydrogens is 416 g/mol. The number of benzene rings is 2. The van der Waals surface area contributed by atoms with E-state index in [4.69, 9.17) is 14.6 Å². The predicted octanol–water partition coefficient (Wildman–Crippen LogP) is 1.94. The molecule has 10 heteroatoms. The molecule has 0 unspecified atom stereocenters. The average molecular weight is 441 g/mol. The Kier molecular flexibility index (Phi) is 5.54. The summed E-state index contributed by atoms with van der Waals surface area (Å²) in [6, 6.07) is 9.41. The zero-order valence-corrected chi connectivity index (χ0v) is 18.1. The van der Waals surface area contributed by atoms with Gasteiger partial charge in [0.1, 0.15) is 12.2 Å². The van der Waals surface area contributed by atoms with Crippen LogP contribution in [0.2, 0.25) is 0 Å². The van der Waals surface area contributed by atoms with E-state index in [9.17, 15) is 16.8 Å². The predicted molar refractivity (Wildman–Crippen MR) is 110 cm³/mol. The number of anilines is 1. The number of primary sulfonamides is 1. The fourth-order valence-corrected chi connectivity index (χ4v) is 4.68. The third-order valence-electron chi connectivity index (χ3n) is 4.41. The molecule has 2 aromatic carbocycles. The number of sulfone groups is 1. The van der Waals surface area contributed by atoms with Crippen molar-refractivity contribution in [3.63, 3.8) is 0 Å². The lowest BCUT2D eigenvalue weighted by Gasteiger charge is -2.18. The second-order valence-electron chi connectivity index (χ2n) is 7.53. The van der Waals surface area contributed by atoms with Crippen LogP contribution >= 0.6 is 0 Å². The first-order chi connectivity index (χ1) is 13.4. The van der Waals surface area contributed by atoms with E-state index in [-0.39, 0.29) is 27.7 Å². The van der Waals surface area contributed by atoms with E-state index in [1.807, 2.05) is 32.0 Å². The highest BCUT2D eigenvalue weighted by molar-refractivity contribution is 7.91. The van der Waals surface area contributed by atoms with Gasteiger partial charge < -0.3 is 14.8 Å². The largest absolute Gasteiger partial charge is 0.488 e. The lowest BCUT2D eigenvalue weighted by atomic mass is 10.0. The zero-order chi connectivity index (χ0) is 21.4. The number of hydrogen-bond acceptors (Lipinski definition) is 7. The number of fused-ring (bicyclic) bond motifs is 1. The summed E-state index contributed by atoms with van der Waals surface area (Å²) in [7, 11) is -7.68. The Morgan fingerprint density at radius 2 is 1.90 bits per heavy atom. The van der Waals surface area contributed by atoms with Crippen molar-refractivity contribution in [3.8, 4) is 11.5 Å². The van der Waals surface area contributed by atoms with Gasteiger partial charge >= 0.3 is 0 Å². The van der Waals surface area contributed by atoms with E-state index < -0.39 is 19.9 Å². The summed E-state index contributed by atoms with van der Waals surface area (Å²) >= 11 is 0. The van der Waals surface area contributed by atoms with Crippen molar-refractivity contribution in [2.24, 2.45) is 5.14 Å². The second kappa shape index (κ2) is 7.51. The Bertz CT molecular complexity index is 1140. The summed E-state index contributed by atoms with van der Waals surface area (Å²) in [5.41, 5.74) is 1.08. The summed E-state index contributed by atoms with van der Waals surface area (Å²) < 4.78 is 58.9. The molecule has 0 radical (unpaired) electrons. The van der Waals surface area contributed by atoms with Gasteiger partial charge in [-0.3, -0.25) is 0 Å². The van der Waals surface area contributed by atoms with Crippen LogP contribution in [0.4, 0.5) is 5.69 Å². The van der Waals surface area contributed by atoms with E-state index in [0.29, 0.717) is 12.3 Å². The summed E-state index contributed by atoms with van der Waals surface area (Å²) in [6.45, 7) is 4.57. The molecule has 0 aromatic heterocycles. The second-order valence-corrected chi connectivity index (χ2v) is 11.1. The maximum Gasteiger partial charge on any atom is 0.238 e. The van der Waals surface area contributed by atoms with Gasteiger partial charge in [-0.1, -0.05) is 12.1 Å². The van der Waals surface area contributed by atoms with Crippen LogP contribution in [-0.2, 0) is 26.3 Å². The van der Waals surface area contributed by atoms with Crippen molar-refractivity contribution in [2.45, 2.75) is 35.7 Å². The molecule has 158 valence electrons. The van der Waals surface area contributed by atoms with Crippen LogP contribution in [0.1, 0.15) is 19.4 Å². The molecule has 1 aliphatic rings. The number of ether oxygens (including phenoxy) is 2. The van der Waals surface area contributed by atoms with Crippen molar-refractivity contribution in [2.75, 3.05) is 24.7 Å². The molecule has 0 bridgehead atoms. The van der Waals surface area contributed by atoms with Gasteiger partial charge in [-0.2, -0.15) is 0 Å². The molecule has 29 heavy (non-hydrogen) atoms. The first-order valence-electron chi connectivity index (χ1n) is 8.91. The fraction of sp³-hybridized carbons (Fsp3) is 0.368. The molecular formula is C19H24N2O6S2. The highest BCUT2D eigenvalue weighted by atomic mass is 32.2. The number of rotatable bonds is 7. The summed E-state index contributed by atoms with van der Waals surface area (Å²) in [5, 5.41) is 8.07. The Hall–Kier alpha value is -2.30. The Balaban J connectivity index is 1.70. The maximum atomic E-state index is 12.1. The summed E-state index contributed by atoms with van der Waals surface area (Å²) in [4.78, 5) is -0.408. The van der Waals surface area contributed by atoms with Crippen molar-refractivity contribution >= 4 is 25.5 Å². The zero-order valence-electron chi connectivity index (χ0n) is 16.4. The monoisotopic (exact) mass is 440 g/mol. The quantitative estimate of drug-likeness (QED) is 0.630. The van der Waals surface area contributed by atoms with E-state index >= 15 is 0 Å². The van der Waals surface area contributed by atoms with Crippen LogP contribution in [0, 0.1) is 0 Å². The minimum absolute atomic E-state index is 0.144. The summed E-state index contributed by atoms with van der Waals surface area (Å²) in [6.07, 6.45) is 1.80. The first kappa shape index (κ1) is 21.4. The Morgan fingerprint density at radius 3 is 2.55 bits per heavy atom. The van der Waals surface area contributed by atoms with Gasteiger partial charge in [0.25, 0.3) is 0 Å². The molecule has 0 saturated carbocycles. The molecule has 2 aromatic rings. The number of para-hydroxylation sites is 1. The molecule has 0 atom stereocenters. The molecule has 0 spiro atoms. The molecule has 0 aliphatic carbocycles. The van der Waals surface area contributed by atoms with Crippen LogP contribution in [0.15, 0.2) is 46.2 Å². The van der Waals surface area contributed by atoms with Crippen molar-refractivity contribution < 1.29 is 26.3 Å². The highest BCUT2D eigenvalue weighted by Crippen LogP contribution is 2.41. The van der Waals surface area contributed by atoms with Crippen LogP contribution < -0.4 is 19.9 Å². The number of hydrogen-bond donors (Lipinski definition) is 2. The van der Waals surface area contributed by atoms with Gasteiger partial charge in [-0.25, -0.2) is 22.0 Å². The SMILES string of the molecule is CC1(C)Cc2cccc(OCCNc3ccc(S(N)(=O)=O)cc3S(C)(=O)=O)c2O1. The highest BCUT2D eigenvalue weighted by Gasteiger charge is 2.32. The molecule has 0 amide bonds. The number of nitrogens with two attached hydrogens (primary N) is 1. The molecule has 0 fully saturated rings. The molecule has 3 rings (SSSR count). The molecule has 8 nitrogen and oxygen atoms in total. The number of sulfonamides is 1. The first-order valence-corrected chi connectivity index (χ1v) is 12.4. The fourth-order valence-electron chi connectivity index (χ4n) is 3.18. The third kappa shape index (κ3) is 5.01. The summed E-state index contributed by atoms with van der Waals surface area (Å²) in [5.74, 6) is 1.36. The average Bonchev–Trinajstić information content (AvgIpc) is 2.91. The van der Waals surface area contributed by atoms with Gasteiger partial charge in [0.05, 0.1) is 15.5 Å². The lowest BCUT2D eigenvalue weighted by molar-refractivity contribution is 0.132. The molecule has 3 N–H and O–H groups in total. The van der Waals surface area contributed by atoms with Gasteiger partial charge in [0.15, 0.2) is 21.3 Å². The van der Waals surface area contributed by atoms with Gasteiger partial charge in [0.2, 0.25) is 10.0 Å². The normalized spacial score (nSPS) is 15.4. The van der Waals surface area contributed by atoms with E-state index in [1.165, 1.54) is 12.1 Å². The van der Waals surface area contributed by atoms with Crippen LogP contribution in [0.3, 0.4) is 0 Å². The van der Waals surface area contributed by atoms with Crippen molar-refractivity contribution in [1.82, 2.24) is 0 Å². The van der Waals surface area contributed by atoms with Crippen LogP contribution in [-0.4, -0.2) is 41.8 Å². The standard InChI is InChI=1S/C19H24N2O6S2/c1-19(2)12-13-5-4-6-16(18(13)27-19)26-10-9-21-15-8-7-14(29(20,24)25)11-17(15)28(3,22)23/h4-8,11,21H,9-10,12H2,1-3H3,(H2,20,24,25). The number of nitrogens with one attached hydrogen (secondary N) is 1. The Labute approximate surface area is 171 Å². The van der Waals surface area contributed by atoms with Crippen LogP contribution in [0.5, 0.6) is 11.5 Å². The minimum Gasteiger partial charge on any atom is -0.488 e. The smallest absolute Gasteiger partial charge is 0.238 e. The van der Waals surface area contributed by atoms with Crippen molar-refractivity contribution in [1.29, 1.82) is 0 Å². The van der Waals surface area contributed by atoms with E-state index in [0.717, 1.165) is 30.1 Å². The molecule has 1 aliphatic heterocycles. The van der Waals surface area contributed by atoms with E-state index in [1.54, 1.807) is 0 Å². The molecule has 1 heterocycles.